The first-order chi connectivity index (χ1) is 14.6. The van der Waals surface area contributed by atoms with Gasteiger partial charge in [0.1, 0.15) is 4.90 Å². The molecule has 0 unspecified atom stereocenters. The zero-order valence-electron chi connectivity index (χ0n) is 16.9. The summed E-state index contributed by atoms with van der Waals surface area (Å²) in [6, 6.07) is 10.9. The maximum absolute atomic E-state index is 13.1. The second-order valence-corrected chi connectivity index (χ2v) is 9.50. The van der Waals surface area contributed by atoms with Crippen molar-refractivity contribution >= 4 is 21.6 Å². The van der Waals surface area contributed by atoms with Crippen molar-refractivity contribution in [2.75, 3.05) is 44.7 Å². The second-order valence-electron chi connectivity index (χ2n) is 7.59. The zero-order chi connectivity index (χ0) is 21.0. The monoisotopic (exact) mass is 429 g/mol. The number of aromatic nitrogens is 1. The molecule has 1 amide bonds. The van der Waals surface area contributed by atoms with Gasteiger partial charge in [0.2, 0.25) is 10.0 Å². The number of nitrogens with zero attached hydrogens (tertiary/aromatic N) is 4. The Morgan fingerprint density at radius 2 is 1.60 bits per heavy atom. The fourth-order valence-electron chi connectivity index (χ4n) is 3.88. The summed E-state index contributed by atoms with van der Waals surface area (Å²) in [5.41, 5.74) is 4.45. The van der Waals surface area contributed by atoms with Gasteiger partial charge in [0, 0.05) is 57.2 Å². The lowest BCUT2D eigenvalue weighted by molar-refractivity contribution is 0.0662. The van der Waals surface area contributed by atoms with Gasteiger partial charge in [-0.1, -0.05) is 24.6 Å². The van der Waals surface area contributed by atoms with E-state index in [4.69, 9.17) is 0 Å². The number of nitrogens with one attached hydrogen (secondary N) is 1. The average molecular weight is 430 g/mol. The lowest BCUT2D eigenvalue weighted by atomic mass is 10.2. The van der Waals surface area contributed by atoms with Gasteiger partial charge in [-0.15, -0.1) is 0 Å². The van der Waals surface area contributed by atoms with Crippen molar-refractivity contribution in [2.45, 2.75) is 24.2 Å². The fourth-order valence-corrected chi connectivity index (χ4v) is 5.48. The Balaban J connectivity index is 1.42. The highest BCUT2D eigenvalue weighted by Gasteiger charge is 2.29. The highest BCUT2D eigenvalue weighted by atomic mass is 32.2. The molecule has 9 heteroatoms. The van der Waals surface area contributed by atoms with Crippen LogP contribution in [0.15, 0.2) is 53.7 Å². The number of hydrogen-bond acceptors (Lipinski definition) is 6. The number of piperidine rings is 1. The van der Waals surface area contributed by atoms with Gasteiger partial charge < -0.3 is 10.3 Å². The van der Waals surface area contributed by atoms with E-state index >= 15 is 0 Å². The molecule has 4 rings (SSSR count). The highest BCUT2D eigenvalue weighted by molar-refractivity contribution is 7.89. The minimum atomic E-state index is -3.59. The summed E-state index contributed by atoms with van der Waals surface area (Å²) in [7, 11) is -3.59. The molecule has 3 heterocycles. The number of benzene rings is 1. The number of carbonyl (C=O) groups excluding carboxylic acids is 1. The fraction of sp³-hybridized carbons (Fsp3) is 0.429. The molecule has 30 heavy (non-hydrogen) atoms. The number of anilines is 1. The first-order valence-corrected chi connectivity index (χ1v) is 11.8. The average Bonchev–Trinajstić information content (AvgIpc) is 2.80. The number of sulfonamides is 1. The van der Waals surface area contributed by atoms with Crippen LogP contribution in [0.1, 0.15) is 29.6 Å². The lowest BCUT2D eigenvalue weighted by Gasteiger charge is -2.36. The number of rotatable bonds is 5. The van der Waals surface area contributed by atoms with E-state index in [0.29, 0.717) is 50.5 Å². The van der Waals surface area contributed by atoms with Gasteiger partial charge in [-0.05, 0) is 31.0 Å². The summed E-state index contributed by atoms with van der Waals surface area (Å²) < 4.78 is 27.8. The van der Waals surface area contributed by atoms with Gasteiger partial charge in [-0.2, -0.15) is 4.31 Å². The molecule has 0 aliphatic carbocycles. The summed E-state index contributed by atoms with van der Waals surface area (Å²) in [5, 5.41) is 1.96. The molecule has 0 radical (unpaired) electrons. The van der Waals surface area contributed by atoms with Gasteiger partial charge >= 0.3 is 0 Å². The minimum absolute atomic E-state index is 0.0209. The van der Waals surface area contributed by atoms with Crippen molar-refractivity contribution < 1.29 is 13.2 Å². The Morgan fingerprint density at radius 3 is 2.30 bits per heavy atom. The summed E-state index contributed by atoms with van der Waals surface area (Å²) >= 11 is 0. The number of carbonyl (C=O) groups is 1. The SMILES string of the molecule is O=C(c1ccccc1)N1CCN(Nc2ccncc2S(=O)(=O)N2CCCCC2)CC1. The molecule has 160 valence electrons. The van der Waals surface area contributed by atoms with Gasteiger partial charge in [-0.3, -0.25) is 9.78 Å². The molecule has 0 bridgehead atoms. The topological polar surface area (TPSA) is 85.9 Å². The van der Waals surface area contributed by atoms with Crippen LogP contribution in [0.3, 0.4) is 0 Å². The van der Waals surface area contributed by atoms with Crippen LogP contribution in [0.5, 0.6) is 0 Å². The predicted octanol–water partition coefficient (Wildman–Crippen LogP) is 2.04. The number of pyridine rings is 1. The van der Waals surface area contributed by atoms with Gasteiger partial charge in [0.15, 0.2) is 0 Å². The molecule has 0 spiro atoms. The Kier molecular flexibility index (Phi) is 6.31. The molecule has 0 saturated carbocycles. The van der Waals surface area contributed by atoms with Crippen molar-refractivity contribution in [3.8, 4) is 0 Å². The summed E-state index contributed by atoms with van der Waals surface area (Å²) in [6.07, 6.45) is 5.85. The normalized spacial score (nSPS) is 18.9. The maximum atomic E-state index is 13.1. The van der Waals surface area contributed by atoms with Crippen LogP contribution in [0, 0.1) is 0 Å². The third-order valence-corrected chi connectivity index (χ3v) is 7.51. The van der Waals surface area contributed by atoms with E-state index in [-0.39, 0.29) is 10.8 Å². The van der Waals surface area contributed by atoms with E-state index in [9.17, 15) is 13.2 Å². The molecule has 2 fully saturated rings. The van der Waals surface area contributed by atoms with Gasteiger partial charge in [0.05, 0.1) is 5.69 Å². The molecule has 2 aliphatic rings. The van der Waals surface area contributed by atoms with Crippen LogP contribution in [-0.4, -0.2) is 72.8 Å². The molecule has 2 saturated heterocycles. The van der Waals surface area contributed by atoms with E-state index in [2.05, 4.69) is 10.4 Å². The highest BCUT2D eigenvalue weighted by Crippen LogP contribution is 2.26. The Hall–Kier alpha value is -2.49. The Labute approximate surface area is 177 Å². The molecule has 1 aromatic carbocycles. The van der Waals surface area contributed by atoms with Crippen LogP contribution >= 0.6 is 0 Å². The van der Waals surface area contributed by atoms with Crippen molar-refractivity contribution in [1.29, 1.82) is 0 Å². The molecule has 8 nitrogen and oxygen atoms in total. The van der Waals surface area contributed by atoms with Crippen LogP contribution in [0.2, 0.25) is 0 Å². The molecular weight excluding hydrogens is 402 g/mol. The maximum Gasteiger partial charge on any atom is 0.253 e. The standard InChI is InChI=1S/C21H27N5O3S/c27-21(18-7-3-1-4-8-18)24-13-15-25(16-14-24)23-19-9-10-22-17-20(19)30(28,29)26-11-5-2-6-12-26/h1,3-4,7-10,17H,2,5-6,11-16H2,(H,22,23). The molecular formula is C21H27N5O3S. The smallest absolute Gasteiger partial charge is 0.253 e. The van der Waals surface area contributed by atoms with E-state index in [1.54, 1.807) is 16.6 Å². The van der Waals surface area contributed by atoms with Crippen LogP contribution < -0.4 is 5.43 Å². The first-order valence-electron chi connectivity index (χ1n) is 10.4. The molecule has 0 atom stereocenters. The quantitative estimate of drug-likeness (QED) is 0.783. The van der Waals surface area contributed by atoms with E-state index in [0.717, 1.165) is 19.3 Å². The van der Waals surface area contributed by atoms with E-state index in [1.165, 1.54) is 6.20 Å². The second kappa shape index (κ2) is 9.11. The third-order valence-electron chi connectivity index (χ3n) is 5.58. The first kappa shape index (κ1) is 20.8. The number of amides is 1. The third kappa shape index (κ3) is 4.48. The molecule has 1 aromatic heterocycles. The van der Waals surface area contributed by atoms with Crippen molar-refractivity contribution in [2.24, 2.45) is 0 Å². The van der Waals surface area contributed by atoms with Gasteiger partial charge in [0.25, 0.3) is 5.91 Å². The van der Waals surface area contributed by atoms with Crippen molar-refractivity contribution in [1.82, 2.24) is 19.2 Å². The van der Waals surface area contributed by atoms with Crippen molar-refractivity contribution in [3.63, 3.8) is 0 Å². The summed E-state index contributed by atoms with van der Waals surface area (Å²) in [4.78, 5) is 18.7. The largest absolute Gasteiger partial charge is 0.336 e. The van der Waals surface area contributed by atoms with Crippen molar-refractivity contribution in [3.05, 3.63) is 54.4 Å². The van der Waals surface area contributed by atoms with E-state index < -0.39 is 10.0 Å². The zero-order valence-corrected chi connectivity index (χ0v) is 17.7. The number of piperazine rings is 1. The van der Waals surface area contributed by atoms with Crippen LogP contribution in [0.25, 0.3) is 0 Å². The molecule has 1 N–H and O–H groups in total. The molecule has 2 aromatic rings. The molecule has 2 aliphatic heterocycles. The van der Waals surface area contributed by atoms with E-state index in [1.807, 2.05) is 40.2 Å². The predicted molar refractivity (Wildman–Crippen MR) is 114 cm³/mol. The summed E-state index contributed by atoms with van der Waals surface area (Å²) in [5.74, 6) is 0.0209. The Morgan fingerprint density at radius 1 is 0.900 bits per heavy atom. The lowest BCUT2D eigenvalue weighted by Crippen LogP contribution is -2.50. The van der Waals surface area contributed by atoms with Crippen LogP contribution in [-0.2, 0) is 10.0 Å². The minimum Gasteiger partial charge on any atom is -0.336 e. The number of hydrogen-bond donors (Lipinski definition) is 1. The van der Waals surface area contributed by atoms with Gasteiger partial charge in [-0.25, -0.2) is 13.4 Å². The summed E-state index contributed by atoms with van der Waals surface area (Å²) in [6.45, 7) is 3.45. The van der Waals surface area contributed by atoms with Crippen LogP contribution in [0.4, 0.5) is 5.69 Å². The Bertz CT molecular complexity index is 969. The number of hydrazine groups is 1.